The van der Waals surface area contributed by atoms with Crippen molar-refractivity contribution < 1.29 is 14.4 Å². The van der Waals surface area contributed by atoms with Gasteiger partial charge in [0.15, 0.2) is 0 Å². The average molecular weight is 376 g/mol. The molecule has 0 saturated carbocycles. The van der Waals surface area contributed by atoms with Crippen molar-refractivity contribution in [2.24, 2.45) is 0 Å². The zero-order valence-electron chi connectivity index (χ0n) is 12.2. The van der Waals surface area contributed by atoms with E-state index in [4.69, 9.17) is 0 Å². The fourth-order valence-corrected chi connectivity index (χ4v) is 2.06. The summed E-state index contributed by atoms with van der Waals surface area (Å²) in [5.41, 5.74) is 5.52. The Kier molecular flexibility index (Phi) is 5.48. The van der Waals surface area contributed by atoms with Crippen LogP contribution < -0.4 is 16.2 Å². The summed E-state index contributed by atoms with van der Waals surface area (Å²) >= 11 is 3.30. The number of rotatable bonds is 3. The number of carbonyl (C=O) groups is 3. The van der Waals surface area contributed by atoms with Crippen molar-refractivity contribution >= 4 is 39.3 Å². The smallest absolute Gasteiger partial charge is 0.271 e. The first-order chi connectivity index (χ1) is 11.0. The molecular weight excluding hydrogens is 362 g/mol. The highest BCUT2D eigenvalue weighted by Gasteiger charge is 2.14. The lowest BCUT2D eigenvalue weighted by Gasteiger charge is -2.11. The average Bonchev–Trinajstić information content (AvgIpc) is 2.53. The minimum atomic E-state index is -0.521. The number of benzene rings is 2. The van der Waals surface area contributed by atoms with Crippen molar-refractivity contribution in [1.29, 1.82) is 0 Å². The summed E-state index contributed by atoms with van der Waals surface area (Å²) in [6.07, 6.45) is 0. The second-order valence-electron chi connectivity index (χ2n) is 4.64. The van der Waals surface area contributed by atoms with Crippen LogP contribution in [0.25, 0.3) is 0 Å². The lowest BCUT2D eigenvalue weighted by molar-refractivity contribution is -0.119. The van der Waals surface area contributed by atoms with Crippen molar-refractivity contribution in [3.63, 3.8) is 0 Å². The Morgan fingerprint density at radius 3 is 2.17 bits per heavy atom. The van der Waals surface area contributed by atoms with Gasteiger partial charge in [-0.2, -0.15) is 0 Å². The van der Waals surface area contributed by atoms with Crippen LogP contribution >= 0.6 is 15.9 Å². The maximum atomic E-state index is 12.2. The molecule has 0 aliphatic carbocycles. The maximum absolute atomic E-state index is 12.2. The molecule has 2 aromatic carbocycles. The van der Waals surface area contributed by atoms with E-state index in [1.54, 1.807) is 48.5 Å². The predicted molar refractivity (Wildman–Crippen MR) is 89.8 cm³/mol. The van der Waals surface area contributed by atoms with Crippen LogP contribution in [0.5, 0.6) is 0 Å². The van der Waals surface area contributed by atoms with Gasteiger partial charge in [0.1, 0.15) is 0 Å². The molecule has 0 bridgehead atoms. The molecule has 6 nitrogen and oxygen atoms in total. The third kappa shape index (κ3) is 4.65. The summed E-state index contributed by atoms with van der Waals surface area (Å²) in [6, 6.07) is 13.4. The molecule has 0 saturated heterocycles. The molecule has 3 amide bonds. The minimum absolute atomic E-state index is 0.242. The van der Waals surface area contributed by atoms with E-state index in [2.05, 4.69) is 32.1 Å². The van der Waals surface area contributed by atoms with E-state index in [1.165, 1.54) is 6.92 Å². The van der Waals surface area contributed by atoms with Crippen LogP contribution in [0.2, 0.25) is 0 Å². The molecule has 0 aliphatic heterocycles. The highest BCUT2D eigenvalue weighted by atomic mass is 79.9. The molecule has 3 N–H and O–H groups in total. The Morgan fingerprint density at radius 1 is 0.870 bits per heavy atom. The topological polar surface area (TPSA) is 87.3 Å². The fraction of sp³-hybridized carbons (Fsp3) is 0.0625. The largest absolute Gasteiger partial charge is 0.321 e. The first kappa shape index (κ1) is 16.7. The van der Waals surface area contributed by atoms with Gasteiger partial charge in [0, 0.05) is 17.0 Å². The third-order valence-corrected chi connectivity index (χ3v) is 3.41. The first-order valence-electron chi connectivity index (χ1n) is 6.70. The molecule has 0 heterocycles. The Bertz CT molecular complexity index is 744. The van der Waals surface area contributed by atoms with Crippen molar-refractivity contribution in [2.75, 3.05) is 5.32 Å². The Hall–Kier alpha value is -2.67. The van der Waals surface area contributed by atoms with E-state index in [0.717, 1.165) is 4.47 Å². The molecule has 23 heavy (non-hydrogen) atoms. The summed E-state index contributed by atoms with van der Waals surface area (Å²) in [6.45, 7) is 1.28. The molecule has 0 fully saturated rings. The molecular formula is C16H14BrN3O3. The summed E-state index contributed by atoms with van der Waals surface area (Å²) in [7, 11) is 0. The number of anilines is 1. The Labute approximate surface area is 141 Å². The Morgan fingerprint density at radius 2 is 1.52 bits per heavy atom. The van der Waals surface area contributed by atoms with Crippen LogP contribution in [0, 0.1) is 0 Å². The maximum Gasteiger partial charge on any atom is 0.271 e. The third-order valence-electron chi connectivity index (χ3n) is 2.88. The fourth-order valence-electron chi connectivity index (χ4n) is 1.80. The number of hydrazine groups is 1. The molecule has 0 atom stereocenters. The van der Waals surface area contributed by atoms with Crippen LogP contribution in [0.3, 0.4) is 0 Å². The highest BCUT2D eigenvalue weighted by molar-refractivity contribution is 9.10. The van der Waals surface area contributed by atoms with Crippen LogP contribution in [-0.2, 0) is 4.79 Å². The molecule has 2 aromatic rings. The summed E-state index contributed by atoms with van der Waals surface area (Å²) < 4.78 is 0.865. The molecule has 0 radical (unpaired) electrons. The molecule has 118 valence electrons. The lowest BCUT2D eigenvalue weighted by atomic mass is 10.1. The molecule has 0 unspecified atom stereocenters. The van der Waals surface area contributed by atoms with Gasteiger partial charge in [0.2, 0.25) is 5.91 Å². The second kappa shape index (κ2) is 7.55. The van der Waals surface area contributed by atoms with Gasteiger partial charge in [-0.25, -0.2) is 0 Å². The van der Waals surface area contributed by atoms with Crippen molar-refractivity contribution in [3.05, 3.63) is 64.1 Å². The van der Waals surface area contributed by atoms with Crippen LogP contribution in [0.4, 0.5) is 5.69 Å². The quantitative estimate of drug-likeness (QED) is 0.720. The normalized spacial score (nSPS) is 9.83. The highest BCUT2D eigenvalue weighted by Crippen LogP contribution is 2.17. The van der Waals surface area contributed by atoms with Gasteiger partial charge in [-0.05, 0) is 36.4 Å². The standard InChI is InChI=1S/C16H14BrN3O3/c1-10(21)19-20-16(23)13-4-2-3-5-14(13)18-15(22)11-6-8-12(17)9-7-11/h2-9H,1H3,(H,18,22)(H,19,21)(H,20,23). The van der Waals surface area contributed by atoms with Gasteiger partial charge in [-0.1, -0.05) is 28.1 Å². The van der Waals surface area contributed by atoms with Crippen molar-refractivity contribution in [3.8, 4) is 0 Å². The summed E-state index contributed by atoms with van der Waals surface area (Å²) in [5, 5.41) is 2.69. The monoisotopic (exact) mass is 375 g/mol. The van der Waals surface area contributed by atoms with E-state index < -0.39 is 11.8 Å². The number of hydrogen-bond acceptors (Lipinski definition) is 3. The van der Waals surface area contributed by atoms with Gasteiger partial charge < -0.3 is 5.32 Å². The zero-order chi connectivity index (χ0) is 16.8. The number of halogens is 1. The van der Waals surface area contributed by atoms with Gasteiger partial charge >= 0.3 is 0 Å². The molecule has 7 heteroatoms. The lowest BCUT2D eigenvalue weighted by Crippen LogP contribution is -2.40. The predicted octanol–water partition coefficient (Wildman–Crippen LogP) is 2.48. The summed E-state index contributed by atoms with van der Waals surface area (Å²) in [5.74, 6) is -1.25. The minimum Gasteiger partial charge on any atom is -0.321 e. The van der Waals surface area contributed by atoms with Gasteiger partial charge in [0.05, 0.1) is 11.3 Å². The van der Waals surface area contributed by atoms with E-state index in [1.807, 2.05) is 0 Å². The zero-order valence-corrected chi connectivity index (χ0v) is 13.8. The van der Waals surface area contributed by atoms with E-state index >= 15 is 0 Å². The number of nitrogens with one attached hydrogen (secondary N) is 3. The van der Waals surface area contributed by atoms with Crippen LogP contribution in [0.1, 0.15) is 27.6 Å². The number of para-hydroxylation sites is 1. The van der Waals surface area contributed by atoms with Crippen LogP contribution in [0.15, 0.2) is 53.0 Å². The molecule has 0 aromatic heterocycles. The van der Waals surface area contributed by atoms with Crippen molar-refractivity contribution in [1.82, 2.24) is 10.9 Å². The van der Waals surface area contributed by atoms with Gasteiger partial charge in [0.25, 0.3) is 11.8 Å². The van der Waals surface area contributed by atoms with E-state index in [0.29, 0.717) is 11.3 Å². The first-order valence-corrected chi connectivity index (χ1v) is 7.49. The van der Waals surface area contributed by atoms with Gasteiger partial charge in [-0.15, -0.1) is 0 Å². The summed E-state index contributed by atoms with van der Waals surface area (Å²) in [4.78, 5) is 35.1. The Balaban J connectivity index is 2.16. The van der Waals surface area contributed by atoms with E-state index in [-0.39, 0.29) is 11.5 Å². The SMILES string of the molecule is CC(=O)NNC(=O)c1ccccc1NC(=O)c1ccc(Br)cc1. The number of carbonyl (C=O) groups excluding carboxylic acids is 3. The van der Waals surface area contributed by atoms with Crippen LogP contribution in [-0.4, -0.2) is 17.7 Å². The molecule has 2 rings (SSSR count). The van der Waals surface area contributed by atoms with Crippen molar-refractivity contribution in [2.45, 2.75) is 6.92 Å². The number of amides is 3. The van der Waals surface area contributed by atoms with E-state index in [9.17, 15) is 14.4 Å². The number of hydrogen-bond donors (Lipinski definition) is 3. The molecule has 0 spiro atoms. The van der Waals surface area contributed by atoms with Gasteiger partial charge in [-0.3, -0.25) is 25.2 Å². The molecule has 0 aliphatic rings. The second-order valence-corrected chi connectivity index (χ2v) is 5.56.